The average Bonchev–Trinajstić information content (AvgIpc) is 2.93. The molecule has 1 aromatic heterocycles. The van der Waals surface area contributed by atoms with Gasteiger partial charge >= 0.3 is 0 Å². The summed E-state index contributed by atoms with van der Waals surface area (Å²) in [5, 5.41) is 3.87. The molecule has 0 bridgehead atoms. The van der Waals surface area contributed by atoms with Crippen LogP contribution in [0.15, 0.2) is 22.7 Å². The molecule has 2 N–H and O–H groups in total. The molecule has 108 valence electrons. The van der Waals surface area contributed by atoms with Gasteiger partial charge in [-0.1, -0.05) is 12.1 Å². The Morgan fingerprint density at radius 1 is 1.35 bits per heavy atom. The molecule has 0 spiro atoms. The summed E-state index contributed by atoms with van der Waals surface area (Å²) in [6.45, 7) is 2.69. The molecule has 6 nitrogen and oxygen atoms in total. The van der Waals surface area contributed by atoms with Gasteiger partial charge in [-0.2, -0.15) is 4.98 Å². The van der Waals surface area contributed by atoms with Crippen molar-refractivity contribution in [3.8, 4) is 11.5 Å². The molecule has 0 saturated heterocycles. The van der Waals surface area contributed by atoms with Gasteiger partial charge in [0.25, 0.3) is 0 Å². The summed E-state index contributed by atoms with van der Waals surface area (Å²) in [7, 11) is 1.62. The predicted molar refractivity (Wildman–Crippen MR) is 73.5 cm³/mol. The number of aryl methyl sites for hydroxylation is 1. The van der Waals surface area contributed by atoms with Gasteiger partial charge in [0.1, 0.15) is 11.5 Å². The van der Waals surface area contributed by atoms with Crippen molar-refractivity contribution in [3.63, 3.8) is 0 Å². The van der Waals surface area contributed by atoms with Crippen molar-refractivity contribution < 1.29 is 14.0 Å². The SMILES string of the molecule is CCCc1nc(COc2ccc(OC)cc2CN)no1. The van der Waals surface area contributed by atoms with Gasteiger partial charge in [0.05, 0.1) is 7.11 Å². The number of aromatic nitrogens is 2. The lowest BCUT2D eigenvalue weighted by Crippen LogP contribution is -2.04. The number of rotatable bonds is 7. The van der Waals surface area contributed by atoms with Crippen molar-refractivity contribution in [2.24, 2.45) is 5.73 Å². The Morgan fingerprint density at radius 3 is 2.90 bits per heavy atom. The molecule has 2 rings (SSSR count). The van der Waals surface area contributed by atoms with Crippen LogP contribution in [0.5, 0.6) is 11.5 Å². The Bertz CT molecular complexity index is 554. The third-order valence-corrected chi connectivity index (χ3v) is 2.82. The highest BCUT2D eigenvalue weighted by atomic mass is 16.5. The maximum absolute atomic E-state index is 5.70. The number of nitrogens with two attached hydrogens (primary N) is 1. The molecule has 0 aliphatic carbocycles. The van der Waals surface area contributed by atoms with Crippen molar-refractivity contribution in [1.82, 2.24) is 10.1 Å². The van der Waals surface area contributed by atoms with Crippen molar-refractivity contribution in [3.05, 3.63) is 35.5 Å². The summed E-state index contributed by atoms with van der Waals surface area (Å²) >= 11 is 0. The van der Waals surface area contributed by atoms with E-state index in [2.05, 4.69) is 17.1 Å². The van der Waals surface area contributed by atoms with Crippen LogP contribution in [-0.2, 0) is 19.6 Å². The van der Waals surface area contributed by atoms with E-state index in [9.17, 15) is 0 Å². The molecule has 0 radical (unpaired) electrons. The molecule has 0 amide bonds. The zero-order valence-electron chi connectivity index (χ0n) is 11.8. The lowest BCUT2D eigenvalue weighted by atomic mass is 10.2. The third kappa shape index (κ3) is 3.48. The molecule has 0 atom stereocenters. The number of benzene rings is 1. The second-order valence-electron chi connectivity index (χ2n) is 4.32. The minimum absolute atomic E-state index is 0.256. The first-order valence-corrected chi connectivity index (χ1v) is 6.58. The summed E-state index contributed by atoms with van der Waals surface area (Å²) in [5.74, 6) is 2.63. The molecule has 0 unspecified atom stereocenters. The second-order valence-corrected chi connectivity index (χ2v) is 4.32. The fourth-order valence-corrected chi connectivity index (χ4v) is 1.79. The fraction of sp³-hybridized carbons (Fsp3) is 0.429. The summed E-state index contributed by atoms with van der Waals surface area (Å²) < 4.78 is 15.9. The summed E-state index contributed by atoms with van der Waals surface area (Å²) in [4.78, 5) is 4.25. The van der Waals surface area contributed by atoms with Crippen LogP contribution in [0, 0.1) is 0 Å². The maximum Gasteiger partial charge on any atom is 0.226 e. The molecule has 2 aromatic rings. The van der Waals surface area contributed by atoms with Gasteiger partial charge in [-0.15, -0.1) is 0 Å². The minimum atomic E-state index is 0.256. The molecular formula is C14H19N3O3. The standard InChI is InChI=1S/C14H19N3O3/c1-3-4-14-16-13(17-20-14)9-19-12-6-5-11(18-2)7-10(12)8-15/h5-7H,3-4,8-9,15H2,1-2H3. The first-order valence-electron chi connectivity index (χ1n) is 6.58. The normalized spacial score (nSPS) is 10.6. The molecule has 20 heavy (non-hydrogen) atoms. The Hall–Kier alpha value is -2.08. The van der Waals surface area contributed by atoms with Gasteiger partial charge < -0.3 is 19.7 Å². The van der Waals surface area contributed by atoms with E-state index < -0.39 is 0 Å². The van der Waals surface area contributed by atoms with E-state index in [1.807, 2.05) is 18.2 Å². The Balaban J connectivity index is 2.02. The minimum Gasteiger partial charge on any atom is -0.497 e. The fourth-order valence-electron chi connectivity index (χ4n) is 1.79. The van der Waals surface area contributed by atoms with Crippen LogP contribution in [0.4, 0.5) is 0 Å². The van der Waals surface area contributed by atoms with Crippen LogP contribution < -0.4 is 15.2 Å². The lowest BCUT2D eigenvalue weighted by molar-refractivity contribution is 0.282. The predicted octanol–water partition coefficient (Wildman–Crippen LogP) is 2.07. The summed E-state index contributed by atoms with van der Waals surface area (Å²) in [5.41, 5.74) is 6.58. The first-order chi connectivity index (χ1) is 9.76. The number of hydrogen-bond donors (Lipinski definition) is 1. The van der Waals surface area contributed by atoms with Crippen LogP contribution in [-0.4, -0.2) is 17.3 Å². The van der Waals surface area contributed by atoms with E-state index in [1.165, 1.54) is 0 Å². The zero-order valence-corrected chi connectivity index (χ0v) is 11.8. The van der Waals surface area contributed by atoms with Crippen molar-refractivity contribution in [2.45, 2.75) is 32.9 Å². The van der Waals surface area contributed by atoms with Gasteiger partial charge in [0.15, 0.2) is 6.61 Å². The number of hydrogen-bond acceptors (Lipinski definition) is 6. The molecule has 0 aliphatic rings. The molecular weight excluding hydrogens is 258 g/mol. The topological polar surface area (TPSA) is 83.4 Å². The monoisotopic (exact) mass is 277 g/mol. The van der Waals surface area contributed by atoms with E-state index >= 15 is 0 Å². The number of ether oxygens (including phenoxy) is 2. The van der Waals surface area contributed by atoms with E-state index in [4.69, 9.17) is 19.7 Å². The third-order valence-electron chi connectivity index (χ3n) is 2.82. The maximum atomic E-state index is 5.70. The molecule has 1 heterocycles. The quantitative estimate of drug-likeness (QED) is 0.834. The largest absolute Gasteiger partial charge is 0.497 e. The highest BCUT2D eigenvalue weighted by molar-refractivity contribution is 5.40. The molecule has 0 fully saturated rings. The van der Waals surface area contributed by atoms with Gasteiger partial charge in [-0.3, -0.25) is 0 Å². The molecule has 1 aromatic carbocycles. The van der Waals surface area contributed by atoms with Crippen LogP contribution >= 0.6 is 0 Å². The highest BCUT2D eigenvalue weighted by Gasteiger charge is 2.09. The number of methoxy groups -OCH3 is 1. The van der Waals surface area contributed by atoms with Gasteiger partial charge in [0.2, 0.25) is 11.7 Å². The number of nitrogens with zero attached hydrogens (tertiary/aromatic N) is 2. The van der Waals surface area contributed by atoms with E-state index in [0.717, 1.165) is 24.2 Å². The summed E-state index contributed by atoms with van der Waals surface area (Å²) in [6.07, 6.45) is 1.75. The Morgan fingerprint density at radius 2 is 2.20 bits per heavy atom. The van der Waals surface area contributed by atoms with Gasteiger partial charge in [-0.25, -0.2) is 0 Å². The van der Waals surface area contributed by atoms with Gasteiger partial charge in [0, 0.05) is 18.5 Å². The van der Waals surface area contributed by atoms with Crippen LogP contribution in [0.1, 0.15) is 30.6 Å². The van der Waals surface area contributed by atoms with Crippen molar-refractivity contribution in [2.75, 3.05) is 7.11 Å². The highest BCUT2D eigenvalue weighted by Crippen LogP contribution is 2.24. The van der Waals surface area contributed by atoms with Crippen molar-refractivity contribution >= 4 is 0 Å². The van der Waals surface area contributed by atoms with Gasteiger partial charge in [-0.05, 0) is 24.6 Å². The molecule has 0 aliphatic heterocycles. The first kappa shape index (κ1) is 14.3. The second kappa shape index (κ2) is 6.91. The van der Waals surface area contributed by atoms with Crippen LogP contribution in [0.3, 0.4) is 0 Å². The Kier molecular flexibility index (Phi) is 4.95. The van der Waals surface area contributed by atoms with E-state index in [1.54, 1.807) is 7.11 Å². The van der Waals surface area contributed by atoms with E-state index in [-0.39, 0.29) is 6.61 Å². The van der Waals surface area contributed by atoms with E-state index in [0.29, 0.717) is 24.0 Å². The smallest absolute Gasteiger partial charge is 0.226 e. The molecule has 0 saturated carbocycles. The lowest BCUT2D eigenvalue weighted by Gasteiger charge is -2.10. The Labute approximate surface area is 117 Å². The van der Waals surface area contributed by atoms with Crippen molar-refractivity contribution in [1.29, 1.82) is 0 Å². The molecule has 6 heteroatoms. The van der Waals surface area contributed by atoms with Crippen LogP contribution in [0.2, 0.25) is 0 Å². The summed E-state index contributed by atoms with van der Waals surface area (Å²) in [6, 6.07) is 5.51. The average molecular weight is 277 g/mol. The zero-order chi connectivity index (χ0) is 14.4. The van der Waals surface area contributed by atoms with Crippen LogP contribution in [0.25, 0.3) is 0 Å².